The van der Waals surface area contributed by atoms with Crippen LogP contribution >= 0.6 is 0 Å². The molecule has 0 saturated carbocycles. The number of aryl methyl sites for hydroxylation is 1. The zero-order chi connectivity index (χ0) is 8.27. The average Bonchev–Trinajstić information content (AvgIpc) is 2.04. The molecule has 0 aliphatic carbocycles. The van der Waals surface area contributed by atoms with Gasteiger partial charge in [-0.3, -0.25) is 0 Å². The maximum Gasteiger partial charge on any atom is 0.213 e. The predicted molar refractivity (Wildman–Crippen MR) is 43.5 cm³/mol. The first kappa shape index (κ1) is 7.62. The summed E-state index contributed by atoms with van der Waals surface area (Å²) in [5.41, 5.74) is 1.82. The van der Waals surface area contributed by atoms with E-state index in [0.29, 0.717) is 5.88 Å². The molecule has 0 atom stereocenters. The summed E-state index contributed by atoms with van der Waals surface area (Å²) in [5, 5.41) is 0. The molecular weight excluding hydrogens is 138 g/mol. The number of hydrogen-bond donors (Lipinski definition) is 0. The van der Waals surface area contributed by atoms with Crippen molar-refractivity contribution in [2.75, 3.05) is 7.11 Å². The summed E-state index contributed by atoms with van der Waals surface area (Å²) in [4.78, 5) is 3.96. The fourth-order valence-electron chi connectivity index (χ4n) is 0.793. The van der Waals surface area contributed by atoms with Crippen LogP contribution in [0.5, 0.6) is 5.88 Å². The van der Waals surface area contributed by atoms with E-state index in [1.165, 1.54) is 0 Å². The van der Waals surface area contributed by atoms with E-state index in [0.717, 1.165) is 11.1 Å². The van der Waals surface area contributed by atoms with E-state index in [-0.39, 0.29) is 0 Å². The molecule has 11 heavy (non-hydrogen) atoms. The number of ether oxygens (including phenoxy) is 1. The lowest BCUT2D eigenvalue weighted by molar-refractivity contribution is 0.397. The van der Waals surface area contributed by atoms with Gasteiger partial charge >= 0.3 is 0 Å². The van der Waals surface area contributed by atoms with Gasteiger partial charge in [-0.25, -0.2) is 4.98 Å². The van der Waals surface area contributed by atoms with Crippen LogP contribution in [0.4, 0.5) is 0 Å². The van der Waals surface area contributed by atoms with Crippen molar-refractivity contribution in [2.24, 2.45) is 0 Å². The minimum atomic E-state index is 0.599. The smallest absolute Gasteiger partial charge is 0.213 e. The molecule has 1 aromatic rings. The first-order chi connectivity index (χ1) is 5.27. The van der Waals surface area contributed by atoms with Gasteiger partial charge in [0.15, 0.2) is 0 Å². The number of nitrogens with zero attached hydrogens (tertiary/aromatic N) is 1. The topological polar surface area (TPSA) is 22.1 Å². The largest absolute Gasteiger partial charge is 0.481 e. The molecule has 56 valence electrons. The number of methoxy groups -OCH3 is 1. The lowest BCUT2D eigenvalue weighted by Gasteiger charge is -2.00. The normalized spacial score (nSPS) is 8.82. The van der Waals surface area contributed by atoms with Crippen molar-refractivity contribution < 1.29 is 4.74 Å². The molecule has 0 aromatic carbocycles. The fourth-order valence-corrected chi connectivity index (χ4v) is 0.793. The molecule has 0 saturated heterocycles. The monoisotopic (exact) mass is 147 g/mol. The molecule has 0 radical (unpaired) electrons. The van der Waals surface area contributed by atoms with Crippen LogP contribution in [0.2, 0.25) is 0 Å². The van der Waals surface area contributed by atoms with Gasteiger partial charge in [-0.1, -0.05) is 5.92 Å². The van der Waals surface area contributed by atoms with Crippen LogP contribution in [0.25, 0.3) is 0 Å². The summed E-state index contributed by atoms with van der Waals surface area (Å²) < 4.78 is 4.91. The average molecular weight is 147 g/mol. The molecule has 1 heterocycles. The zero-order valence-corrected chi connectivity index (χ0v) is 6.59. The molecule has 0 unspecified atom stereocenters. The third-order valence-electron chi connectivity index (χ3n) is 1.45. The standard InChI is InChI=1S/C9H9NO/c1-4-8-6-10-9(11-3)5-7(8)2/h1,5-6H,2-3H3. The second kappa shape index (κ2) is 3.07. The highest BCUT2D eigenvalue weighted by atomic mass is 16.5. The number of hydrogen-bond acceptors (Lipinski definition) is 2. The zero-order valence-electron chi connectivity index (χ0n) is 6.59. The van der Waals surface area contributed by atoms with Crippen LogP contribution in [0, 0.1) is 19.3 Å². The van der Waals surface area contributed by atoms with Crippen LogP contribution in [0.15, 0.2) is 12.3 Å². The van der Waals surface area contributed by atoms with Gasteiger partial charge in [0.2, 0.25) is 5.88 Å². The summed E-state index contributed by atoms with van der Waals surface area (Å²) in [7, 11) is 1.58. The molecule has 1 aromatic heterocycles. The first-order valence-electron chi connectivity index (χ1n) is 3.25. The van der Waals surface area contributed by atoms with Crippen molar-refractivity contribution in [1.82, 2.24) is 4.98 Å². The van der Waals surface area contributed by atoms with E-state index in [4.69, 9.17) is 11.2 Å². The Morgan fingerprint density at radius 2 is 2.36 bits per heavy atom. The number of pyridine rings is 1. The van der Waals surface area contributed by atoms with Crippen molar-refractivity contribution in [1.29, 1.82) is 0 Å². The summed E-state index contributed by atoms with van der Waals surface area (Å²) >= 11 is 0. The van der Waals surface area contributed by atoms with E-state index in [1.807, 2.05) is 13.0 Å². The molecule has 0 aliphatic heterocycles. The van der Waals surface area contributed by atoms with Gasteiger partial charge in [-0.2, -0.15) is 0 Å². The minimum Gasteiger partial charge on any atom is -0.481 e. The Balaban J connectivity index is 3.12. The van der Waals surface area contributed by atoms with Crippen molar-refractivity contribution in [3.05, 3.63) is 23.4 Å². The van der Waals surface area contributed by atoms with Crippen LogP contribution in [-0.4, -0.2) is 12.1 Å². The fraction of sp³-hybridized carbons (Fsp3) is 0.222. The third kappa shape index (κ3) is 1.50. The maximum atomic E-state index is 5.21. The lowest BCUT2D eigenvalue weighted by atomic mass is 10.2. The predicted octanol–water partition coefficient (Wildman–Crippen LogP) is 1.38. The van der Waals surface area contributed by atoms with Gasteiger partial charge < -0.3 is 4.74 Å². The van der Waals surface area contributed by atoms with E-state index in [2.05, 4.69) is 10.9 Å². The number of aromatic nitrogens is 1. The van der Waals surface area contributed by atoms with Gasteiger partial charge in [-0.15, -0.1) is 6.42 Å². The van der Waals surface area contributed by atoms with E-state index < -0.39 is 0 Å². The summed E-state index contributed by atoms with van der Waals surface area (Å²) in [6.45, 7) is 1.93. The second-order valence-electron chi connectivity index (χ2n) is 2.19. The molecule has 0 aliphatic rings. The maximum absolute atomic E-state index is 5.21. The Bertz CT molecular complexity index is 299. The molecule has 0 fully saturated rings. The molecule has 2 nitrogen and oxygen atoms in total. The van der Waals surface area contributed by atoms with Crippen molar-refractivity contribution >= 4 is 0 Å². The van der Waals surface area contributed by atoms with Crippen molar-refractivity contribution in [3.63, 3.8) is 0 Å². The second-order valence-corrected chi connectivity index (χ2v) is 2.19. The summed E-state index contributed by atoms with van der Waals surface area (Å²) in [6.07, 6.45) is 6.84. The molecule has 0 N–H and O–H groups in total. The molecule has 2 heteroatoms. The molecular formula is C9H9NO. The number of rotatable bonds is 1. The third-order valence-corrected chi connectivity index (χ3v) is 1.45. The van der Waals surface area contributed by atoms with Gasteiger partial charge in [-0.05, 0) is 12.5 Å². The summed E-state index contributed by atoms with van der Waals surface area (Å²) in [5.74, 6) is 3.13. The van der Waals surface area contributed by atoms with Crippen molar-refractivity contribution in [3.8, 4) is 18.2 Å². The lowest BCUT2D eigenvalue weighted by Crippen LogP contribution is -1.90. The van der Waals surface area contributed by atoms with Crippen LogP contribution in [-0.2, 0) is 0 Å². The van der Waals surface area contributed by atoms with E-state index in [9.17, 15) is 0 Å². The SMILES string of the molecule is C#Cc1cnc(OC)cc1C. The highest BCUT2D eigenvalue weighted by Gasteiger charge is 1.97. The van der Waals surface area contributed by atoms with Gasteiger partial charge in [0.25, 0.3) is 0 Å². The Morgan fingerprint density at radius 1 is 1.64 bits per heavy atom. The quantitative estimate of drug-likeness (QED) is 0.560. The van der Waals surface area contributed by atoms with Gasteiger partial charge in [0.05, 0.1) is 7.11 Å². The minimum absolute atomic E-state index is 0.599. The molecule has 0 bridgehead atoms. The highest BCUT2D eigenvalue weighted by Crippen LogP contribution is 2.11. The highest BCUT2D eigenvalue weighted by molar-refractivity contribution is 5.39. The summed E-state index contributed by atoms with van der Waals surface area (Å²) in [6, 6.07) is 1.81. The Hall–Kier alpha value is -1.49. The van der Waals surface area contributed by atoms with Gasteiger partial charge in [0, 0.05) is 17.8 Å². The molecule has 0 spiro atoms. The van der Waals surface area contributed by atoms with E-state index in [1.54, 1.807) is 13.3 Å². The van der Waals surface area contributed by atoms with Crippen LogP contribution in [0.1, 0.15) is 11.1 Å². The first-order valence-corrected chi connectivity index (χ1v) is 3.25. The Labute approximate surface area is 66.2 Å². The Kier molecular flexibility index (Phi) is 2.12. The molecule has 0 amide bonds. The van der Waals surface area contributed by atoms with Crippen LogP contribution < -0.4 is 4.74 Å². The van der Waals surface area contributed by atoms with Crippen LogP contribution in [0.3, 0.4) is 0 Å². The molecule has 1 rings (SSSR count). The van der Waals surface area contributed by atoms with E-state index >= 15 is 0 Å². The van der Waals surface area contributed by atoms with Crippen molar-refractivity contribution in [2.45, 2.75) is 6.92 Å². The van der Waals surface area contributed by atoms with Gasteiger partial charge in [0.1, 0.15) is 0 Å². The Morgan fingerprint density at radius 3 is 2.82 bits per heavy atom. The number of terminal acetylenes is 1.